The number of primary amides is 1. The summed E-state index contributed by atoms with van der Waals surface area (Å²) < 4.78 is 0. The lowest BCUT2D eigenvalue weighted by Gasteiger charge is -2.28. The molecule has 0 aliphatic heterocycles. The van der Waals surface area contributed by atoms with E-state index in [0.717, 1.165) is 0 Å². The molecule has 0 aromatic carbocycles. The number of nitrogens with two attached hydrogens (primary N) is 6. The SMILES string of the molecule is CC(C)C[C@H](NC(=O)[C@H](CC(C)C)NC(=O)[C@@H](NC(=O)[C@H](CCCCN)NC(=O)[C@H](C)NC(=O)[C@H](CCCN=C(N)N)NC(=O)[C@H](CCCCN)NC(=O)[C@H](C)NC(=O)[C@H](CC(C)C)NC(=O)CN)[C@@H](C)O)C(N)=O. The van der Waals surface area contributed by atoms with Gasteiger partial charge in [-0.05, 0) is 122 Å². The smallest absolute Gasteiger partial charge is 0.245 e. The summed E-state index contributed by atoms with van der Waals surface area (Å²) in [5.74, 6) is -8.03. The van der Waals surface area contributed by atoms with E-state index in [9.17, 15) is 53.1 Å². The van der Waals surface area contributed by atoms with Gasteiger partial charge in [-0.25, -0.2) is 0 Å². The maximum atomic E-state index is 14.0. The molecule has 0 heterocycles. The van der Waals surface area contributed by atoms with Gasteiger partial charge in [-0.1, -0.05) is 41.5 Å². The highest BCUT2D eigenvalue weighted by Crippen LogP contribution is 2.12. The number of carbonyl (C=O) groups is 10. The number of unbranched alkanes of at least 4 members (excludes halogenated alkanes) is 2. The molecule has 10 atom stereocenters. The van der Waals surface area contributed by atoms with Crippen LogP contribution < -0.4 is 82.3 Å². The number of nitrogens with one attached hydrogen (secondary N) is 9. The monoisotopic (exact) mass is 1070 g/mol. The average molecular weight is 1070 g/mol. The highest BCUT2D eigenvalue weighted by molar-refractivity contribution is 5.98. The molecule has 10 amide bonds. The Kier molecular flexibility index (Phi) is 33.7. The van der Waals surface area contributed by atoms with Gasteiger partial charge in [0.25, 0.3) is 0 Å². The van der Waals surface area contributed by atoms with Crippen LogP contribution in [0.3, 0.4) is 0 Å². The Morgan fingerprint density at radius 1 is 0.413 bits per heavy atom. The van der Waals surface area contributed by atoms with Crippen molar-refractivity contribution in [2.75, 3.05) is 26.2 Å². The number of amides is 10. The van der Waals surface area contributed by atoms with E-state index in [4.69, 9.17) is 34.4 Å². The first-order valence-corrected chi connectivity index (χ1v) is 25.9. The number of rotatable bonds is 38. The van der Waals surface area contributed by atoms with E-state index in [1.54, 1.807) is 13.8 Å². The number of carbonyl (C=O) groups excluding carboxylic acids is 10. The average Bonchev–Trinajstić information content (AvgIpc) is 3.31. The van der Waals surface area contributed by atoms with Crippen LogP contribution in [0, 0.1) is 17.8 Å². The van der Waals surface area contributed by atoms with Gasteiger partial charge in [0.05, 0.1) is 12.6 Å². The Morgan fingerprint density at radius 3 is 1.16 bits per heavy atom. The summed E-state index contributed by atoms with van der Waals surface area (Å²) in [6.07, 6.45) is 0.954. The van der Waals surface area contributed by atoms with Crippen LogP contribution in [0.1, 0.15) is 133 Å². The first kappa shape index (κ1) is 68.8. The van der Waals surface area contributed by atoms with E-state index in [-0.39, 0.29) is 94.8 Å². The molecule has 27 heteroatoms. The second-order valence-corrected chi connectivity index (χ2v) is 20.1. The van der Waals surface area contributed by atoms with Crippen molar-refractivity contribution in [1.29, 1.82) is 0 Å². The molecule has 0 aliphatic carbocycles. The minimum atomic E-state index is -1.62. The van der Waals surface area contributed by atoms with Gasteiger partial charge < -0.3 is 87.4 Å². The molecule has 0 aromatic rings. The molecule has 0 saturated heterocycles. The van der Waals surface area contributed by atoms with Crippen LogP contribution in [-0.2, 0) is 47.9 Å². The van der Waals surface area contributed by atoms with Crippen molar-refractivity contribution in [1.82, 2.24) is 47.9 Å². The van der Waals surface area contributed by atoms with Crippen molar-refractivity contribution in [2.24, 2.45) is 57.1 Å². The van der Waals surface area contributed by atoms with E-state index in [1.165, 1.54) is 20.8 Å². The Bertz CT molecular complexity index is 1880. The first-order chi connectivity index (χ1) is 35.1. The van der Waals surface area contributed by atoms with Crippen LogP contribution in [0.2, 0.25) is 0 Å². The Morgan fingerprint density at radius 2 is 0.760 bits per heavy atom. The Labute approximate surface area is 441 Å². The fraction of sp³-hybridized carbons (Fsp3) is 0.771. The zero-order chi connectivity index (χ0) is 57.5. The lowest BCUT2D eigenvalue weighted by Crippen LogP contribution is -2.61. The minimum Gasteiger partial charge on any atom is -0.391 e. The quantitative estimate of drug-likeness (QED) is 0.0158. The maximum absolute atomic E-state index is 14.0. The zero-order valence-electron chi connectivity index (χ0n) is 45.6. The Balaban J connectivity index is 6.49. The van der Waals surface area contributed by atoms with Crippen LogP contribution >= 0.6 is 0 Å². The maximum Gasteiger partial charge on any atom is 0.245 e. The summed E-state index contributed by atoms with van der Waals surface area (Å²) in [7, 11) is 0. The van der Waals surface area contributed by atoms with Gasteiger partial charge >= 0.3 is 0 Å². The van der Waals surface area contributed by atoms with Crippen LogP contribution in [0.4, 0.5) is 0 Å². The highest BCUT2D eigenvalue weighted by atomic mass is 16.3. The number of hydrogen-bond donors (Lipinski definition) is 16. The van der Waals surface area contributed by atoms with E-state index in [1.807, 2.05) is 27.7 Å². The van der Waals surface area contributed by atoms with Gasteiger partial charge in [-0.2, -0.15) is 0 Å². The second kappa shape index (κ2) is 36.7. The number of guanidine groups is 1. The molecule has 22 N–H and O–H groups in total. The topological polar surface area (TPSA) is 468 Å². The third-order valence-corrected chi connectivity index (χ3v) is 11.6. The molecule has 0 radical (unpaired) electrons. The lowest BCUT2D eigenvalue weighted by atomic mass is 9.99. The Hall–Kier alpha value is -6.19. The molecule has 27 nitrogen and oxygen atoms in total. The van der Waals surface area contributed by atoms with Crippen LogP contribution in [0.15, 0.2) is 4.99 Å². The summed E-state index contributed by atoms with van der Waals surface area (Å²) in [5.41, 5.74) is 33.4. The van der Waals surface area contributed by atoms with Crippen molar-refractivity contribution in [3.63, 3.8) is 0 Å². The van der Waals surface area contributed by atoms with Gasteiger partial charge in [0.15, 0.2) is 5.96 Å². The van der Waals surface area contributed by atoms with Crippen molar-refractivity contribution in [2.45, 2.75) is 193 Å². The zero-order valence-corrected chi connectivity index (χ0v) is 45.6. The van der Waals surface area contributed by atoms with Crippen LogP contribution in [-0.4, -0.2) is 157 Å². The summed E-state index contributed by atoms with van der Waals surface area (Å²) in [6.45, 7) is 15.2. The highest BCUT2D eigenvalue weighted by Gasteiger charge is 2.35. The molecule has 430 valence electrons. The van der Waals surface area contributed by atoms with Gasteiger partial charge in [0, 0.05) is 6.54 Å². The summed E-state index contributed by atoms with van der Waals surface area (Å²) in [5, 5.41) is 33.9. The largest absolute Gasteiger partial charge is 0.391 e. The predicted octanol–water partition coefficient (Wildman–Crippen LogP) is -4.34. The van der Waals surface area contributed by atoms with Crippen molar-refractivity contribution < 1.29 is 53.1 Å². The molecular weight excluding hydrogens is 977 g/mol. The molecule has 0 saturated carbocycles. The summed E-state index contributed by atoms with van der Waals surface area (Å²) in [4.78, 5) is 138. The lowest BCUT2D eigenvalue weighted by molar-refractivity contribution is -0.137. The predicted molar refractivity (Wildman–Crippen MR) is 283 cm³/mol. The molecular formula is C48H92N16O11. The van der Waals surface area contributed by atoms with Gasteiger partial charge in [0.2, 0.25) is 59.1 Å². The molecule has 0 spiro atoms. The van der Waals surface area contributed by atoms with Crippen molar-refractivity contribution in [3.8, 4) is 0 Å². The number of aliphatic hydroxyl groups is 1. The van der Waals surface area contributed by atoms with E-state index in [2.05, 4.69) is 52.8 Å². The molecule has 0 aliphatic rings. The normalized spacial score (nSPS) is 15.3. The molecule has 75 heavy (non-hydrogen) atoms. The number of aliphatic imine (C=N–C) groups is 1. The number of hydrogen-bond acceptors (Lipinski definition) is 15. The molecule has 0 aromatic heterocycles. The second-order valence-electron chi connectivity index (χ2n) is 20.1. The number of nitrogens with zero attached hydrogens (tertiary/aromatic N) is 1. The molecule has 0 fully saturated rings. The number of aliphatic hydroxyl groups excluding tert-OH is 1. The molecule has 0 unspecified atom stereocenters. The van der Waals surface area contributed by atoms with Crippen LogP contribution in [0.5, 0.6) is 0 Å². The molecule has 0 rings (SSSR count). The van der Waals surface area contributed by atoms with Crippen molar-refractivity contribution in [3.05, 3.63) is 0 Å². The summed E-state index contributed by atoms with van der Waals surface area (Å²) in [6, 6.07) is -11.2. The van der Waals surface area contributed by atoms with Gasteiger partial charge in [0.1, 0.15) is 54.4 Å². The van der Waals surface area contributed by atoms with E-state index < -0.39 is 120 Å². The van der Waals surface area contributed by atoms with Gasteiger partial charge in [-0.15, -0.1) is 0 Å². The van der Waals surface area contributed by atoms with Crippen molar-refractivity contribution >= 4 is 65.0 Å². The van der Waals surface area contributed by atoms with E-state index >= 15 is 0 Å². The summed E-state index contributed by atoms with van der Waals surface area (Å²) >= 11 is 0. The standard InChI is InChI=1S/C48H92N16O11/c1-25(2)21-34(39(52)67)62-46(74)36(23-27(5)6)63-47(75)38(30(9)65)64-44(72)32(16-11-13-19-50)60-40(68)28(7)56-42(70)33(17-14-20-55-48(53)54)61-43(71)31(15-10-12-18-49)59-41(69)29(8)57-45(73)35(22-26(3)4)58-37(66)24-51/h25-36,38,65H,10-24,49-51H2,1-9H3,(H2,52,67)(H,56,70)(H,57,73)(H,58,66)(H,59,69)(H,60,68)(H,61,71)(H,62,74)(H,63,75)(H,64,72)(H4,53,54,55)/t28-,29-,30+,31-,32-,33-,34-,35-,36-,38-/m0/s1. The third-order valence-electron chi connectivity index (χ3n) is 11.6. The van der Waals surface area contributed by atoms with Gasteiger partial charge in [-0.3, -0.25) is 52.9 Å². The molecule has 0 bridgehead atoms. The minimum absolute atomic E-state index is 0.00181. The van der Waals surface area contributed by atoms with E-state index in [0.29, 0.717) is 25.7 Å². The fourth-order valence-corrected chi connectivity index (χ4v) is 7.49. The fourth-order valence-electron chi connectivity index (χ4n) is 7.49. The van der Waals surface area contributed by atoms with Crippen LogP contribution in [0.25, 0.3) is 0 Å². The first-order valence-electron chi connectivity index (χ1n) is 25.9. The third kappa shape index (κ3) is 28.9.